The summed E-state index contributed by atoms with van der Waals surface area (Å²) in [6.07, 6.45) is -0.261. The van der Waals surface area contributed by atoms with Crippen molar-refractivity contribution < 1.29 is 19.1 Å². The number of rotatable bonds is 9. The van der Waals surface area contributed by atoms with E-state index in [1.807, 2.05) is 49.3 Å². The molecule has 2 amide bonds. The number of hydrogen-bond acceptors (Lipinski definition) is 5. The second-order valence-corrected chi connectivity index (χ2v) is 6.98. The van der Waals surface area contributed by atoms with Crippen molar-refractivity contribution in [1.29, 1.82) is 0 Å². The summed E-state index contributed by atoms with van der Waals surface area (Å²) in [4.78, 5) is 28.9. The van der Waals surface area contributed by atoms with Gasteiger partial charge in [-0.15, -0.1) is 0 Å². The van der Waals surface area contributed by atoms with Crippen LogP contribution in [-0.2, 0) is 9.59 Å². The highest BCUT2D eigenvalue weighted by molar-refractivity contribution is 6.04. The van der Waals surface area contributed by atoms with Crippen LogP contribution < -0.4 is 14.8 Å². The van der Waals surface area contributed by atoms with Crippen molar-refractivity contribution in [3.05, 3.63) is 54.1 Å². The minimum Gasteiger partial charge on any atom is -0.497 e. The molecule has 0 bridgehead atoms. The van der Waals surface area contributed by atoms with E-state index in [2.05, 4.69) is 5.32 Å². The fraction of sp³-hybridized carbons (Fsp3) is 0.364. The Hall–Kier alpha value is -3.06. The maximum Gasteiger partial charge on any atom is 0.233 e. The molecule has 156 valence electrons. The van der Waals surface area contributed by atoms with Crippen LogP contribution in [-0.4, -0.2) is 63.5 Å². The van der Waals surface area contributed by atoms with Gasteiger partial charge in [0.05, 0.1) is 25.9 Å². The van der Waals surface area contributed by atoms with E-state index >= 15 is 0 Å². The molecule has 0 heterocycles. The van der Waals surface area contributed by atoms with E-state index in [1.165, 1.54) is 7.11 Å². The molecular weight excluding hydrogens is 370 g/mol. The molecule has 0 aliphatic heterocycles. The molecule has 7 nitrogen and oxygen atoms in total. The molecule has 0 fully saturated rings. The number of likely N-dealkylation sites (N-methyl/N-ethyl adjacent to an activating group) is 2. The van der Waals surface area contributed by atoms with Crippen LogP contribution in [0.25, 0.3) is 0 Å². The van der Waals surface area contributed by atoms with Gasteiger partial charge in [0.1, 0.15) is 17.9 Å². The predicted molar refractivity (Wildman–Crippen MR) is 113 cm³/mol. The standard InChI is InChI=1S/C22H29N3O4/c1-24(2)15-19(16-9-7-6-8-10-16)25(3)22(27)14-21(26)23-18-12-11-17(28-4)13-20(18)29-5/h6-13,19H,14-15H2,1-5H3,(H,23,26)/t19-/m1/s1. The van der Waals surface area contributed by atoms with Gasteiger partial charge in [0, 0.05) is 19.7 Å². The van der Waals surface area contributed by atoms with Crippen molar-refractivity contribution in [1.82, 2.24) is 9.80 Å². The molecule has 2 rings (SSSR count). The minimum atomic E-state index is -0.401. The maximum absolute atomic E-state index is 12.8. The quantitative estimate of drug-likeness (QED) is 0.657. The summed E-state index contributed by atoms with van der Waals surface area (Å²) in [5, 5.41) is 2.74. The zero-order valence-electron chi connectivity index (χ0n) is 17.6. The third-order valence-electron chi connectivity index (χ3n) is 4.58. The molecule has 0 radical (unpaired) electrons. The van der Waals surface area contributed by atoms with Crippen molar-refractivity contribution in [3.8, 4) is 11.5 Å². The fourth-order valence-corrected chi connectivity index (χ4v) is 3.00. The number of carbonyl (C=O) groups is 2. The average molecular weight is 399 g/mol. The smallest absolute Gasteiger partial charge is 0.233 e. The third kappa shape index (κ3) is 6.22. The van der Waals surface area contributed by atoms with Gasteiger partial charge in [-0.1, -0.05) is 30.3 Å². The normalized spacial score (nSPS) is 11.7. The number of amides is 2. The highest BCUT2D eigenvalue weighted by Gasteiger charge is 2.24. The van der Waals surface area contributed by atoms with Crippen LogP contribution in [0.3, 0.4) is 0 Å². The lowest BCUT2D eigenvalue weighted by Gasteiger charge is -2.31. The number of carbonyl (C=O) groups excluding carboxylic acids is 2. The predicted octanol–water partition coefficient (Wildman–Crippen LogP) is 2.79. The molecule has 0 aliphatic carbocycles. The molecule has 0 aromatic heterocycles. The molecule has 2 aromatic rings. The highest BCUT2D eigenvalue weighted by atomic mass is 16.5. The molecule has 2 aromatic carbocycles. The Bertz CT molecular complexity index is 824. The van der Waals surface area contributed by atoms with Gasteiger partial charge in [0.15, 0.2) is 0 Å². The molecule has 0 spiro atoms. The Balaban J connectivity index is 2.08. The molecular formula is C22H29N3O4. The SMILES string of the molecule is COc1ccc(NC(=O)CC(=O)N(C)[C@H](CN(C)C)c2ccccc2)c(OC)c1. The summed E-state index contributed by atoms with van der Waals surface area (Å²) in [7, 11) is 8.70. The lowest BCUT2D eigenvalue weighted by molar-refractivity contribution is -0.135. The van der Waals surface area contributed by atoms with Crippen molar-refractivity contribution >= 4 is 17.5 Å². The maximum atomic E-state index is 12.8. The molecule has 0 aliphatic rings. The van der Waals surface area contributed by atoms with Crippen molar-refractivity contribution in [2.75, 3.05) is 47.2 Å². The van der Waals surface area contributed by atoms with Crippen molar-refractivity contribution in [2.45, 2.75) is 12.5 Å². The van der Waals surface area contributed by atoms with Gasteiger partial charge in [0.25, 0.3) is 0 Å². The summed E-state index contributed by atoms with van der Waals surface area (Å²) in [6, 6.07) is 14.7. The Labute approximate surface area is 172 Å². The topological polar surface area (TPSA) is 71.1 Å². The van der Waals surface area contributed by atoms with Crippen LogP contribution in [0.15, 0.2) is 48.5 Å². The van der Waals surface area contributed by atoms with E-state index in [0.717, 1.165) is 5.56 Å². The van der Waals surface area contributed by atoms with E-state index in [0.29, 0.717) is 23.7 Å². The summed E-state index contributed by atoms with van der Waals surface area (Å²) >= 11 is 0. The number of hydrogen-bond donors (Lipinski definition) is 1. The Morgan fingerprint density at radius 2 is 1.69 bits per heavy atom. The Morgan fingerprint density at radius 3 is 2.28 bits per heavy atom. The average Bonchev–Trinajstić information content (AvgIpc) is 2.72. The van der Waals surface area contributed by atoms with E-state index in [-0.39, 0.29) is 18.4 Å². The van der Waals surface area contributed by atoms with Gasteiger partial charge in [-0.25, -0.2) is 0 Å². The lowest BCUT2D eigenvalue weighted by Crippen LogP contribution is -2.38. The van der Waals surface area contributed by atoms with Gasteiger partial charge >= 0.3 is 0 Å². The van der Waals surface area contributed by atoms with Gasteiger partial charge in [-0.3, -0.25) is 9.59 Å². The Morgan fingerprint density at radius 1 is 1.00 bits per heavy atom. The minimum absolute atomic E-state index is 0.151. The van der Waals surface area contributed by atoms with Gasteiger partial charge in [-0.2, -0.15) is 0 Å². The lowest BCUT2D eigenvalue weighted by atomic mass is 10.0. The summed E-state index contributed by atoms with van der Waals surface area (Å²) in [5.74, 6) is 0.422. The van der Waals surface area contributed by atoms with Gasteiger partial charge in [-0.05, 0) is 31.8 Å². The fourth-order valence-electron chi connectivity index (χ4n) is 3.00. The zero-order chi connectivity index (χ0) is 21.4. The van der Waals surface area contributed by atoms with Crippen LogP contribution in [0.4, 0.5) is 5.69 Å². The second kappa shape index (κ2) is 10.5. The van der Waals surface area contributed by atoms with Crippen LogP contribution in [0.2, 0.25) is 0 Å². The number of anilines is 1. The van der Waals surface area contributed by atoms with Crippen LogP contribution in [0.1, 0.15) is 18.0 Å². The summed E-state index contributed by atoms with van der Waals surface area (Å²) in [5.41, 5.74) is 1.51. The number of methoxy groups -OCH3 is 2. The van der Waals surface area contributed by atoms with E-state index in [4.69, 9.17) is 9.47 Å². The number of nitrogens with one attached hydrogen (secondary N) is 1. The first-order valence-corrected chi connectivity index (χ1v) is 9.33. The molecule has 0 saturated carbocycles. The number of benzene rings is 2. The summed E-state index contributed by atoms with van der Waals surface area (Å²) < 4.78 is 10.4. The van der Waals surface area contributed by atoms with E-state index in [9.17, 15) is 9.59 Å². The second-order valence-electron chi connectivity index (χ2n) is 6.98. The first kappa shape index (κ1) is 22.2. The monoisotopic (exact) mass is 399 g/mol. The van der Waals surface area contributed by atoms with Gasteiger partial charge in [0.2, 0.25) is 11.8 Å². The third-order valence-corrected chi connectivity index (χ3v) is 4.58. The first-order valence-electron chi connectivity index (χ1n) is 9.33. The van der Waals surface area contributed by atoms with Crippen LogP contribution in [0.5, 0.6) is 11.5 Å². The highest BCUT2D eigenvalue weighted by Crippen LogP contribution is 2.29. The van der Waals surface area contributed by atoms with Crippen molar-refractivity contribution in [2.24, 2.45) is 0 Å². The molecule has 0 saturated heterocycles. The molecule has 29 heavy (non-hydrogen) atoms. The van der Waals surface area contributed by atoms with Crippen molar-refractivity contribution in [3.63, 3.8) is 0 Å². The summed E-state index contributed by atoms with van der Waals surface area (Å²) in [6.45, 7) is 0.653. The molecule has 7 heteroatoms. The Kier molecular flexibility index (Phi) is 8.03. The molecule has 1 N–H and O–H groups in total. The van der Waals surface area contributed by atoms with Crippen LogP contribution in [0, 0.1) is 0 Å². The first-order chi connectivity index (χ1) is 13.8. The number of nitrogens with zero attached hydrogens (tertiary/aromatic N) is 2. The zero-order valence-corrected chi connectivity index (χ0v) is 17.6. The van der Waals surface area contributed by atoms with E-state index < -0.39 is 5.91 Å². The van der Waals surface area contributed by atoms with Crippen LogP contribution >= 0.6 is 0 Å². The van der Waals surface area contributed by atoms with E-state index in [1.54, 1.807) is 37.3 Å². The number of ether oxygens (including phenoxy) is 2. The van der Waals surface area contributed by atoms with Gasteiger partial charge < -0.3 is 24.6 Å². The largest absolute Gasteiger partial charge is 0.497 e. The molecule has 0 unspecified atom stereocenters. The molecule has 1 atom stereocenters.